The van der Waals surface area contributed by atoms with Gasteiger partial charge in [-0.3, -0.25) is 0 Å². The summed E-state index contributed by atoms with van der Waals surface area (Å²) in [5.41, 5.74) is 0.861. The van der Waals surface area contributed by atoms with E-state index in [2.05, 4.69) is 5.32 Å². The number of nitrogens with one attached hydrogen (secondary N) is 1. The van der Waals surface area contributed by atoms with Crippen LogP contribution in [0.2, 0.25) is 9.36 Å². The van der Waals surface area contributed by atoms with Gasteiger partial charge in [0.1, 0.15) is 11.8 Å². The molecule has 3 aromatic rings. The highest BCUT2D eigenvalue weighted by Gasteiger charge is 2.19. The number of hydrogen-bond acceptors (Lipinski definition) is 3. The summed E-state index contributed by atoms with van der Waals surface area (Å²) in [4.78, 5) is 1.07. The van der Waals surface area contributed by atoms with Crippen LogP contribution in [0.1, 0.15) is 16.7 Å². The molecule has 0 spiro atoms. The minimum atomic E-state index is -0.109. The lowest BCUT2D eigenvalue weighted by Gasteiger charge is -2.17. The van der Waals surface area contributed by atoms with E-state index in [1.54, 1.807) is 6.26 Å². The van der Waals surface area contributed by atoms with Gasteiger partial charge in [-0.05, 0) is 36.4 Å². The van der Waals surface area contributed by atoms with Crippen LogP contribution >= 0.6 is 34.5 Å². The summed E-state index contributed by atoms with van der Waals surface area (Å²) in [6, 6.07) is 15.2. The second-order valence-electron chi connectivity index (χ2n) is 4.21. The molecule has 20 heavy (non-hydrogen) atoms. The van der Waals surface area contributed by atoms with Crippen LogP contribution in [0.3, 0.4) is 0 Å². The standard InChI is InChI=1S/C15H11Cl2NOS/c16-10-4-1-2-5-11(10)18-15(12-6-3-9-19-12)13-7-8-14(17)20-13/h1-9,15,18H. The van der Waals surface area contributed by atoms with Crippen molar-refractivity contribution in [3.8, 4) is 0 Å². The van der Waals surface area contributed by atoms with Gasteiger partial charge in [0, 0.05) is 4.88 Å². The Bertz CT molecular complexity index is 693. The maximum absolute atomic E-state index is 6.21. The van der Waals surface area contributed by atoms with Gasteiger partial charge in [0.25, 0.3) is 0 Å². The summed E-state index contributed by atoms with van der Waals surface area (Å²) in [7, 11) is 0. The highest BCUT2D eigenvalue weighted by atomic mass is 35.5. The molecule has 0 aliphatic heterocycles. The van der Waals surface area contributed by atoms with E-state index >= 15 is 0 Å². The Balaban J connectivity index is 1.97. The summed E-state index contributed by atoms with van der Waals surface area (Å²) in [5, 5.41) is 4.08. The third kappa shape index (κ3) is 2.85. The van der Waals surface area contributed by atoms with Gasteiger partial charge in [0.2, 0.25) is 0 Å². The summed E-state index contributed by atoms with van der Waals surface area (Å²) >= 11 is 13.8. The molecule has 0 amide bonds. The lowest BCUT2D eigenvalue weighted by molar-refractivity contribution is 0.501. The number of anilines is 1. The zero-order chi connectivity index (χ0) is 13.9. The molecular weight excluding hydrogens is 313 g/mol. The smallest absolute Gasteiger partial charge is 0.131 e. The Kier molecular flexibility index (Phi) is 4.01. The molecule has 0 radical (unpaired) electrons. The van der Waals surface area contributed by atoms with Crippen molar-refractivity contribution in [3.05, 3.63) is 74.8 Å². The third-order valence-corrected chi connectivity index (χ3v) is 4.51. The van der Waals surface area contributed by atoms with E-state index in [0.717, 1.165) is 20.7 Å². The van der Waals surface area contributed by atoms with E-state index in [0.29, 0.717) is 5.02 Å². The molecule has 0 saturated heterocycles. The predicted molar refractivity (Wildman–Crippen MR) is 85.0 cm³/mol. The van der Waals surface area contributed by atoms with Gasteiger partial charge >= 0.3 is 0 Å². The molecule has 1 unspecified atom stereocenters. The predicted octanol–water partition coefficient (Wildman–Crippen LogP) is 5.85. The molecule has 1 aromatic carbocycles. The average Bonchev–Trinajstić information content (AvgIpc) is 3.09. The second kappa shape index (κ2) is 5.92. The van der Waals surface area contributed by atoms with Crippen molar-refractivity contribution in [2.45, 2.75) is 6.04 Å². The number of furan rings is 1. The molecule has 0 aliphatic carbocycles. The van der Waals surface area contributed by atoms with E-state index in [9.17, 15) is 0 Å². The lowest BCUT2D eigenvalue weighted by Crippen LogP contribution is -2.10. The monoisotopic (exact) mass is 323 g/mol. The molecule has 2 aromatic heterocycles. The first-order valence-corrected chi connectivity index (χ1v) is 7.61. The van der Waals surface area contributed by atoms with Crippen LogP contribution in [0.5, 0.6) is 0 Å². The van der Waals surface area contributed by atoms with Crippen LogP contribution in [0.15, 0.2) is 59.2 Å². The zero-order valence-electron chi connectivity index (χ0n) is 10.3. The molecule has 0 bridgehead atoms. The third-order valence-electron chi connectivity index (χ3n) is 2.88. The van der Waals surface area contributed by atoms with Gasteiger partial charge < -0.3 is 9.73 Å². The lowest BCUT2D eigenvalue weighted by atomic mass is 10.1. The van der Waals surface area contributed by atoms with Crippen molar-refractivity contribution in [1.29, 1.82) is 0 Å². The summed E-state index contributed by atoms with van der Waals surface area (Å²) in [6.07, 6.45) is 1.66. The van der Waals surface area contributed by atoms with Crippen molar-refractivity contribution < 1.29 is 4.42 Å². The van der Waals surface area contributed by atoms with Gasteiger partial charge in [0.05, 0.1) is 21.3 Å². The molecule has 2 heterocycles. The van der Waals surface area contributed by atoms with E-state index in [-0.39, 0.29) is 6.04 Å². The van der Waals surface area contributed by atoms with E-state index in [1.807, 2.05) is 48.5 Å². The van der Waals surface area contributed by atoms with Gasteiger partial charge in [-0.1, -0.05) is 35.3 Å². The van der Waals surface area contributed by atoms with Crippen LogP contribution in [-0.4, -0.2) is 0 Å². The number of rotatable bonds is 4. The Labute approximate surface area is 131 Å². The first-order valence-electron chi connectivity index (χ1n) is 6.04. The molecule has 0 saturated carbocycles. The molecule has 102 valence electrons. The van der Waals surface area contributed by atoms with Gasteiger partial charge in [-0.15, -0.1) is 11.3 Å². The summed E-state index contributed by atoms with van der Waals surface area (Å²) < 4.78 is 6.28. The maximum atomic E-state index is 6.21. The first kappa shape index (κ1) is 13.6. The molecule has 2 nitrogen and oxygen atoms in total. The normalized spacial score (nSPS) is 12.3. The summed E-state index contributed by atoms with van der Waals surface area (Å²) in [6.45, 7) is 0. The Morgan fingerprint density at radius 3 is 2.50 bits per heavy atom. The fraction of sp³-hybridized carbons (Fsp3) is 0.0667. The van der Waals surface area contributed by atoms with Crippen LogP contribution in [0.4, 0.5) is 5.69 Å². The van der Waals surface area contributed by atoms with Gasteiger partial charge in [0.15, 0.2) is 0 Å². The topological polar surface area (TPSA) is 25.2 Å². The van der Waals surface area contributed by atoms with Crippen molar-refractivity contribution >= 4 is 40.2 Å². The Morgan fingerprint density at radius 2 is 1.85 bits per heavy atom. The van der Waals surface area contributed by atoms with E-state index < -0.39 is 0 Å². The van der Waals surface area contributed by atoms with Crippen LogP contribution in [-0.2, 0) is 0 Å². The largest absolute Gasteiger partial charge is 0.467 e. The molecule has 0 fully saturated rings. The number of hydrogen-bond donors (Lipinski definition) is 1. The minimum absolute atomic E-state index is 0.109. The van der Waals surface area contributed by atoms with Gasteiger partial charge in [-0.2, -0.15) is 0 Å². The van der Waals surface area contributed by atoms with Crippen LogP contribution in [0, 0.1) is 0 Å². The number of thiophene rings is 1. The maximum Gasteiger partial charge on any atom is 0.131 e. The highest BCUT2D eigenvalue weighted by Crippen LogP contribution is 2.35. The quantitative estimate of drug-likeness (QED) is 0.651. The highest BCUT2D eigenvalue weighted by molar-refractivity contribution is 7.16. The number of para-hydroxylation sites is 1. The number of halogens is 2. The molecule has 0 aliphatic rings. The van der Waals surface area contributed by atoms with Crippen molar-refractivity contribution in [1.82, 2.24) is 0 Å². The zero-order valence-corrected chi connectivity index (χ0v) is 12.7. The SMILES string of the molecule is Clc1ccc(C(Nc2ccccc2Cl)c2ccco2)s1. The molecule has 3 rings (SSSR count). The first-order chi connectivity index (χ1) is 9.74. The Hall–Kier alpha value is -1.42. The molecule has 1 N–H and O–H groups in total. The van der Waals surface area contributed by atoms with E-state index in [4.69, 9.17) is 27.6 Å². The van der Waals surface area contributed by atoms with Crippen LogP contribution in [0.25, 0.3) is 0 Å². The average molecular weight is 324 g/mol. The Morgan fingerprint density at radius 1 is 1.00 bits per heavy atom. The van der Waals surface area contributed by atoms with Crippen LogP contribution < -0.4 is 5.32 Å². The molecule has 1 atom stereocenters. The van der Waals surface area contributed by atoms with Crippen molar-refractivity contribution in [3.63, 3.8) is 0 Å². The molecular formula is C15H11Cl2NOS. The fourth-order valence-corrected chi connectivity index (χ4v) is 3.27. The minimum Gasteiger partial charge on any atom is -0.467 e. The fourth-order valence-electron chi connectivity index (χ4n) is 1.96. The van der Waals surface area contributed by atoms with E-state index in [1.165, 1.54) is 11.3 Å². The molecule has 5 heteroatoms. The summed E-state index contributed by atoms with van der Waals surface area (Å²) in [5.74, 6) is 0.823. The van der Waals surface area contributed by atoms with Crippen molar-refractivity contribution in [2.24, 2.45) is 0 Å². The number of benzene rings is 1. The van der Waals surface area contributed by atoms with Gasteiger partial charge in [-0.25, -0.2) is 0 Å². The second-order valence-corrected chi connectivity index (χ2v) is 6.37. The van der Waals surface area contributed by atoms with Crippen molar-refractivity contribution in [2.75, 3.05) is 5.32 Å².